The Bertz CT molecular complexity index is 981. The van der Waals surface area contributed by atoms with Gasteiger partial charge < -0.3 is 10.0 Å². The molecule has 3 atom stereocenters. The number of halogens is 2. The van der Waals surface area contributed by atoms with Gasteiger partial charge in [0, 0.05) is 21.7 Å². The quantitative estimate of drug-likeness (QED) is 0.594. The summed E-state index contributed by atoms with van der Waals surface area (Å²) in [5.41, 5.74) is 1.42. The zero-order valence-electron chi connectivity index (χ0n) is 16.4. The van der Waals surface area contributed by atoms with Crippen LogP contribution in [0.3, 0.4) is 0 Å². The van der Waals surface area contributed by atoms with Gasteiger partial charge in [-0.05, 0) is 54.8 Å². The molecule has 7 heteroatoms. The molecule has 1 aliphatic carbocycles. The van der Waals surface area contributed by atoms with Gasteiger partial charge in [0.2, 0.25) is 0 Å². The molecule has 0 aromatic heterocycles. The van der Waals surface area contributed by atoms with Crippen molar-refractivity contribution in [1.29, 1.82) is 0 Å². The van der Waals surface area contributed by atoms with E-state index in [1.165, 1.54) is 11.8 Å². The molecule has 2 aliphatic heterocycles. The Morgan fingerprint density at radius 1 is 1.31 bits per heavy atom. The Labute approximate surface area is 185 Å². The standard InChI is InChI=1S/C22H22Cl2N2O2S/c1-12(2)17-18(20(27)28)29-21-25-22(3,14-6-10-16(24)11-7-14)19(26(17)21)13-4-8-15(23)9-5-13/h4-6,8-12,14,19H,7H2,1-3H3,(H,27,28)/t14?,19-,22+/m1/s1. The number of hydrogen-bond acceptors (Lipinski definition) is 4. The van der Waals surface area contributed by atoms with E-state index in [1.807, 2.05) is 50.3 Å². The molecule has 0 saturated heterocycles. The summed E-state index contributed by atoms with van der Waals surface area (Å²) in [7, 11) is 0. The van der Waals surface area contributed by atoms with Gasteiger partial charge in [0.15, 0.2) is 5.17 Å². The molecule has 0 spiro atoms. The van der Waals surface area contributed by atoms with Crippen LogP contribution in [-0.2, 0) is 4.79 Å². The number of fused-ring (bicyclic) bond motifs is 1. The van der Waals surface area contributed by atoms with Crippen LogP contribution in [0.2, 0.25) is 5.02 Å². The van der Waals surface area contributed by atoms with Crippen molar-refractivity contribution in [3.8, 4) is 0 Å². The van der Waals surface area contributed by atoms with E-state index in [9.17, 15) is 9.90 Å². The Morgan fingerprint density at radius 2 is 2.00 bits per heavy atom. The van der Waals surface area contributed by atoms with Crippen LogP contribution in [0.5, 0.6) is 0 Å². The van der Waals surface area contributed by atoms with Crippen molar-refractivity contribution in [1.82, 2.24) is 4.90 Å². The average Bonchev–Trinajstić information content (AvgIpc) is 3.16. The number of carbonyl (C=O) groups is 1. The van der Waals surface area contributed by atoms with Gasteiger partial charge in [0.05, 0.1) is 11.6 Å². The van der Waals surface area contributed by atoms with Gasteiger partial charge in [-0.3, -0.25) is 4.99 Å². The molecule has 1 unspecified atom stereocenters. The number of benzene rings is 1. The largest absolute Gasteiger partial charge is 0.477 e. The van der Waals surface area contributed by atoms with Gasteiger partial charge in [0.1, 0.15) is 4.91 Å². The fourth-order valence-corrected chi connectivity index (χ4v) is 5.94. The van der Waals surface area contributed by atoms with E-state index in [1.54, 1.807) is 0 Å². The van der Waals surface area contributed by atoms with Crippen LogP contribution >= 0.6 is 35.0 Å². The summed E-state index contributed by atoms with van der Waals surface area (Å²) in [5, 5.41) is 11.9. The van der Waals surface area contributed by atoms with Crippen molar-refractivity contribution in [2.45, 2.75) is 38.8 Å². The van der Waals surface area contributed by atoms with Crippen LogP contribution in [0.25, 0.3) is 0 Å². The van der Waals surface area contributed by atoms with Gasteiger partial charge in [-0.15, -0.1) is 0 Å². The third-order valence-electron chi connectivity index (χ3n) is 5.77. The van der Waals surface area contributed by atoms with Crippen molar-refractivity contribution >= 4 is 46.1 Å². The normalized spacial score (nSPS) is 28.7. The number of thioether (sulfide) groups is 1. The summed E-state index contributed by atoms with van der Waals surface area (Å²) >= 11 is 13.6. The monoisotopic (exact) mass is 448 g/mol. The second kappa shape index (κ2) is 7.53. The van der Waals surface area contributed by atoms with Crippen LogP contribution in [0, 0.1) is 11.8 Å². The Kier molecular flexibility index (Phi) is 5.34. The third-order valence-corrected chi connectivity index (χ3v) is 7.36. The zero-order chi connectivity index (χ0) is 20.9. The predicted octanol–water partition coefficient (Wildman–Crippen LogP) is 6.21. The number of rotatable bonds is 4. The number of hydrogen-bond donors (Lipinski definition) is 1. The van der Waals surface area contributed by atoms with Gasteiger partial charge in [-0.25, -0.2) is 4.79 Å². The van der Waals surface area contributed by atoms with Crippen LogP contribution in [0.15, 0.2) is 63.1 Å². The Hall–Kier alpha value is -1.69. The summed E-state index contributed by atoms with van der Waals surface area (Å²) in [6.07, 6.45) is 6.87. The molecule has 0 amide bonds. The van der Waals surface area contributed by atoms with E-state index in [0.717, 1.165) is 27.9 Å². The predicted molar refractivity (Wildman–Crippen MR) is 120 cm³/mol. The average molecular weight is 449 g/mol. The maximum Gasteiger partial charge on any atom is 0.344 e. The van der Waals surface area contributed by atoms with Crippen molar-refractivity contribution in [3.05, 3.63) is 68.7 Å². The third kappa shape index (κ3) is 3.43. The minimum Gasteiger partial charge on any atom is -0.477 e. The molecule has 2 heterocycles. The summed E-state index contributed by atoms with van der Waals surface area (Å²) in [4.78, 5) is 19.5. The second-order valence-electron chi connectivity index (χ2n) is 8.01. The summed E-state index contributed by atoms with van der Waals surface area (Å²) in [6, 6.07) is 7.66. The molecular weight excluding hydrogens is 427 g/mol. The molecule has 1 aromatic carbocycles. The van der Waals surface area contributed by atoms with E-state index >= 15 is 0 Å². The molecule has 0 fully saturated rings. The van der Waals surface area contributed by atoms with E-state index in [0.29, 0.717) is 9.93 Å². The molecule has 0 bridgehead atoms. The van der Waals surface area contributed by atoms with Crippen molar-refractivity contribution < 1.29 is 9.90 Å². The lowest BCUT2D eigenvalue weighted by Gasteiger charge is -2.40. The second-order valence-corrected chi connectivity index (χ2v) is 9.86. The van der Waals surface area contributed by atoms with Crippen molar-refractivity contribution in [2.24, 2.45) is 16.8 Å². The number of aliphatic carboxylic acids is 1. The minimum absolute atomic E-state index is 0.0506. The molecule has 152 valence electrons. The van der Waals surface area contributed by atoms with E-state index in [4.69, 9.17) is 28.2 Å². The van der Waals surface area contributed by atoms with Crippen LogP contribution in [0.1, 0.15) is 38.8 Å². The first-order chi connectivity index (χ1) is 13.7. The Morgan fingerprint density at radius 3 is 2.55 bits per heavy atom. The molecule has 3 aliphatic rings. The van der Waals surface area contributed by atoms with Crippen LogP contribution < -0.4 is 0 Å². The Balaban J connectivity index is 1.86. The fraction of sp³-hybridized carbons (Fsp3) is 0.364. The van der Waals surface area contributed by atoms with Crippen LogP contribution in [0.4, 0.5) is 0 Å². The topological polar surface area (TPSA) is 52.9 Å². The van der Waals surface area contributed by atoms with Gasteiger partial charge >= 0.3 is 5.97 Å². The smallest absolute Gasteiger partial charge is 0.344 e. The molecule has 1 aromatic rings. The maximum atomic E-state index is 11.9. The lowest BCUT2D eigenvalue weighted by atomic mass is 9.74. The molecule has 1 N–H and O–H groups in total. The highest BCUT2D eigenvalue weighted by Gasteiger charge is 2.54. The summed E-state index contributed by atoms with van der Waals surface area (Å²) in [6.45, 7) is 6.21. The van der Waals surface area contributed by atoms with Crippen molar-refractivity contribution in [3.63, 3.8) is 0 Å². The van der Waals surface area contributed by atoms with E-state index in [2.05, 4.69) is 17.9 Å². The molecule has 0 radical (unpaired) electrons. The van der Waals surface area contributed by atoms with Gasteiger partial charge in [0.25, 0.3) is 0 Å². The molecule has 0 saturated carbocycles. The number of aliphatic imine (C=N–C) groups is 1. The number of carboxylic acid groups (broad SMARTS) is 1. The first kappa shape index (κ1) is 20.6. The highest BCUT2D eigenvalue weighted by Crippen LogP contribution is 2.55. The summed E-state index contributed by atoms with van der Waals surface area (Å²) < 4.78 is 0. The van der Waals surface area contributed by atoms with E-state index < -0.39 is 11.5 Å². The molecular formula is C22H22Cl2N2O2S. The molecule has 4 nitrogen and oxygen atoms in total. The molecule has 4 rings (SSSR count). The highest BCUT2D eigenvalue weighted by atomic mass is 35.5. The number of allylic oxidation sites excluding steroid dienone is 4. The zero-order valence-corrected chi connectivity index (χ0v) is 18.7. The lowest BCUT2D eigenvalue weighted by Crippen LogP contribution is -2.42. The van der Waals surface area contributed by atoms with Crippen molar-refractivity contribution in [2.75, 3.05) is 0 Å². The van der Waals surface area contributed by atoms with Crippen LogP contribution in [-0.4, -0.2) is 26.7 Å². The highest BCUT2D eigenvalue weighted by molar-refractivity contribution is 8.18. The number of amidine groups is 1. The van der Waals surface area contributed by atoms with E-state index in [-0.39, 0.29) is 17.9 Å². The first-order valence-corrected chi connectivity index (χ1v) is 11.1. The molecule has 29 heavy (non-hydrogen) atoms. The number of nitrogens with zero attached hydrogens (tertiary/aromatic N) is 2. The maximum absolute atomic E-state index is 11.9. The lowest BCUT2D eigenvalue weighted by molar-refractivity contribution is -0.131. The summed E-state index contributed by atoms with van der Waals surface area (Å²) in [5.74, 6) is -0.708. The van der Waals surface area contributed by atoms with Gasteiger partial charge in [-0.1, -0.05) is 61.3 Å². The van der Waals surface area contributed by atoms with Gasteiger partial charge in [-0.2, -0.15) is 0 Å². The minimum atomic E-state index is -0.903. The number of carboxylic acids is 1. The first-order valence-electron chi connectivity index (χ1n) is 9.56. The fourth-order valence-electron chi connectivity index (χ4n) is 4.40. The SMILES string of the molecule is CC(C)C1=C(C(=O)O)SC2=N[C@@](C)(C3C=CC(Cl)=CC3)[C@@H](c3ccc(Cl)cc3)N21.